The minimum Gasteiger partial charge on any atom is -0.360 e. The molecule has 0 unspecified atom stereocenters. The molecule has 0 saturated carbocycles. The van der Waals surface area contributed by atoms with Gasteiger partial charge in [0.1, 0.15) is 0 Å². The van der Waals surface area contributed by atoms with E-state index in [2.05, 4.69) is 15.3 Å². The van der Waals surface area contributed by atoms with Crippen LogP contribution in [0.2, 0.25) is 0 Å². The minimum absolute atomic E-state index is 0.159. The van der Waals surface area contributed by atoms with Gasteiger partial charge in [-0.3, -0.25) is 9.59 Å². The number of hydrogen-bond acceptors (Lipinski definition) is 3. The molecule has 0 saturated heterocycles. The van der Waals surface area contributed by atoms with Crippen molar-refractivity contribution in [1.29, 1.82) is 0 Å². The first kappa shape index (κ1) is 15.4. The highest BCUT2D eigenvalue weighted by molar-refractivity contribution is 7.98. The molecule has 23 heavy (non-hydrogen) atoms. The topological polar surface area (TPSA) is 77.8 Å². The smallest absolute Gasteiger partial charge is 0.254 e. The van der Waals surface area contributed by atoms with E-state index in [1.54, 1.807) is 6.20 Å². The number of aryl methyl sites for hydroxylation is 1. The SMILES string of the molecule is CSc1cc(C)[nH]c(=O)c1CNC(=O)c1c[nH]c2ccccc12. The minimum atomic E-state index is -0.200. The third-order valence-corrected chi connectivity index (χ3v) is 4.51. The molecule has 0 radical (unpaired) electrons. The molecule has 0 aliphatic heterocycles. The van der Waals surface area contributed by atoms with Crippen LogP contribution in [-0.2, 0) is 6.54 Å². The van der Waals surface area contributed by atoms with Gasteiger partial charge in [0, 0.05) is 39.8 Å². The molecular weight excluding hydrogens is 310 g/mol. The van der Waals surface area contributed by atoms with Crippen molar-refractivity contribution in [3.63, 3.8) is 0 Å². The van der Waals surface area contributed by atoms with Crippen molar-refractivity contribution in [3.8, 4) is 0 Å². The highest BCUT2D eigenvalue weighted by Gasteiger charge is 2.14. The highest BCUT2D eigenvalue weighted by atomic mass is 32.2. The van der Waals surface area contributed by atoms with Crippen LogP contribution in [0.1, 0.15) is 21.6 Å². The van der Waals surface area contributed by atoms with Gasteiger partial charge in [-0.15, -0.1) is 11.8 Å². The van der Waals surface area contributed by atoms with E-state index in [1.807, 2.05) is 43.5 Å². The average molecular weight is 327 g/mol. The van der Waals surface area contributed by atoms with Crippen molar-refractivity contribution in [2.45, 2.75) is 18.4 Å². The molecule has 0 aliphatic carbocycles. The lowest BCUT2D eigenvalue weighted by Crippen LogP contribution is -2.27. The van der Waals surface area contributed by atoms with Gasteiger partial charge in [-0.2, -0.15) is 0 Å². The molecule has 0 atom stereocenters. The zero-order valence-corrected chi connectivity index (χ0v) is 13.7. The first-order valence-corrected chi connectivity index (χ1v) is 8.43. The number of fused-ring (bicyclic) bond motifs is 1. The Balaban J connectivity index is 1.84. The summed E-state index contributed by atoms with van der Waals surface area (Å²) in [6, 6.07) is 9.54. The maximum atomic E-state index is 12.4. The summed E-state index contributed by atoms with van der Waals surface area (Å²) in [6.45, 7) is 2.04. The van der Waals surface area contributed by atoms with Crippen molar-refractivity contribution < 1.29 is 4.79 Å². The molecule has 2 aromatic heterocycles. The van der Waals surface area contributed by atoms with Crippen molar-refractivity contribution in [2.24, 2.45) is 0 Å². The lowest BCUT2D eigenvalue weighted by molar-refractivity contribution is 0.0952. The second-order valence-electron chi connectivity index (χ2n) is 5.26. The summed E-state index contributed by atoms with van der Waals surface area (Å²) in [4.78, 5) is 31.3. The molecule has 3 N–H and O–H groups in total. The maximum absolute atomic E-state index is 12.4. The summed E-state index contributed by atoms with van der Waals surface area (Å²) in [7, 11) is 0. The van der Waals surface area contributed by atoms with E-state index in [4.69, 9.17) is 0 Å². The van der Waals surface area contributed by atoms with E-state index in [0.717, 1.165) is 21.5 Å². The molecule has 6 heteroatoms. The van der Waals surface area contributed by atoms with Gasteiger partial charge in [0.2, 0.25) is 0 Å². The Bertz CT molecular complexity index is 927. The fourth-order valence-electron chi connectivity index (χ4n) is 2.56. The molecule has 3 aromatic rings. The molecule has 0 aliphatic rings. The van der Waals surface area contributed by atoms with Gasteiger partial charge in [0.05, 0.1) is 5.56 Å². The number of benzene rings is 1. The van der Waals surface area contributed by atoms with Gasteiger partial charge in [0.15, 0.2) is 0 Å². The molecule has 0 fully saturated rings. The quantitative estimate of drug-likeness (QED) is 0.645. The van der Waals surface area contributed by atoms with E-state index in [1.165, 1.54) is 11.8 Å². The Morgan fingerprint density at radius 2 is 2.09 bits per heavy atom. The number of para-hydroxylation sites is 1. The number of H-pyrrole nitrogens is 2. The Hall–Kier alpha value is -2.47. The second kappa shape index (κ2) is 6.34. The molecule has 1 aromatic carbocycles. The van der Waals surface area contributed by atoms with Crippen LogP contribution in [0.3, 0.4) is 0 Å². The van der Waals surface area contributed by atoms with Crippen LogP contribution in [0.25, 0.3) is 10.9 Å². The molecule has 118 valence electrons. The largest absolute Gasteiger partial charge is 0.360 e. The molecule has 1 amide bonds. The van der Waals surface area contributed by atoms with E-state index in [0.29, 0.717) is 11.1 Å². The predicted octanol–water partition coefficient (Wildman–Crippen LogP) is 2.82. The molecule has 3 rings (SSSR count). The third-order valence-electron chi connectivity index (χ3n) is 3.71. The van der Waals surface area contributed by atoms with E-state index >= 15 is 0 Å². The van der Waals surface area contributed by atoms with Crippen LogP contribution in [0.4, 0.5) is 0 Å². The van der Waals surface area contributed by atoms with E-state index < -0.39 is 0 Å². The standard InChI is InChI=1S/C17H17N3O2S/c1-10-7-15(23-2)13(17(22)20-10)9-19-16(21)12-8-18-14-6-4-3-5-11(12)14/h3-8,18H,9H2,1-2H3,(H,19,21)(H,20,22). The van der Waals surface area contributed by atoms with Gasteiger partial charge >= 0.3 is 0 Å². The van der Waals surface area contributed by atoms with E-state index in [9.17, 15) is 9.59 Å². The Labute approximate surface area is 137 Å². The number of thioether (sulfide) groups is 1. The molecule has 5 nitrogen and oxygen atoms in total. The third kappa shape index (κ3) is 3.03. The van der Waals surface area contributed by atoms with Gasteiger partial charge in [0.25, 0.3) is 11.5 Å². The summed E-state index contributed by atoms with van der Waals surface area (Å²) >= 11 is 1.50. The van der Waals surface area contributed by atoms with Crippen molar-refractivity contribution in [3.05, 3.63) is 63.7 Å². The van der Waals surface area contributed by atoms with Crippen molar-refractivity contribution in [1.82, 2.24) is 15.3 Å². The lowest BCUT2D eigenvalue weighted by Gasteiger charge is -2.09. The zero-order valence-electron chi connectivity index (χ0n) is 12.9. The summed E-state index contributed by atoms with van der Waals surface area (Å²) in [6.07, 6.45) is 3.61. The number of nitrogens with one attached hydrogen (secondary N) is 3. The predicted molar refractivity (Wildman–Crippen MR) is 93.0 cm³/mol. The van der Waals surface area contributed by atoms with Gasteiger partial charge in [-0.05, 0) is 25.3 Å². The lowest BCUT2D eigenvalue weighted by atomic mass is 10.1. The fourth-order valence-corrected chi connectivity index (χ4v) is 3.26. The summed E-state index contributed by atoms with van der Waals surface area (Å²) in [5, 5.41) is 3.70. The number of aromatic nitrogens is 2. The number of hydrogen-bond donors (Lipinski definition) is 3. The van der Waals surface area contributed by atoms with Crippen molar-refractivity contribution >= 4 is 28.6 Å². The Kier molecular flexibility index (Phi) is 4.25. The summed E-state index contributed by atoms with van der Waals surface area (Å²) in [5.41, 5.74) is 2.72. The number of amides is 1. The molecule has 0 bridgehead atoms. The van der Waals surface area contributed by atoms with Crippen LogP contribution in [0, 0.1) is 6.92 Å². The van der Waals surface area contributed by atoms with Crippen LogP contribution in [-0.4, -0.2) is 22.1 Å². The number of carbonyl (C=O) groups is 1. The average Bonchev–Trinajstić information content (AvgIpc) is 2.97. The highest BCUT2D eigenvalue weighted by Crippen LogP contribution is 2.19. The van der Waals surface area contributed by atoms with Crippen LogP contribution in [0.15, 0.2) is 46.2 Å². The number of rotatable bonds is 4. The summed E-state index contributed by atoms with van der Waals surface area (Å²) < 4.78 is 0. The second-order valence-corrected chi connectivity index (χ2v) is 6.11. The zero-order chi connectivity index (χ0) is 16.4. The molecular formula is C17H17N3O2S. The monoisotopic (exact) mass is 327 g/mol. The van der Waals surface area contributed by atoms with Gasteiger partial charge in [-0.1, -0.05) is 18.2 Å². The van der Waals surface area contributed by atoms with Crippen LogP contribution in [0.5, 0.6) is 0 Å². The van der Waals surface area contributed by atoms with E-state index in [-0.39, 0.29) is 18.0 Å². The normalized spacial score (nSPS) is 10.9. The molecule has 2 heterocycles. The Morgan fingerprint density at radius 3 is 2.87 bits per heavy atom. The molecule has 0 spiro atoms. The van der Waals surface area contributed by atoms with Crippen molar-refractivity contribution in [2.75, 3.05) is 6.26 Å². The summed E-state index contributed by atoms with van der Waals surface area (Å²) in [5.74, 6) is -0.200. The first-order valence-electron chi connectivity index (χ1n) is 7.21. The van der Waals surface area contributed by atoms with Crippen LogP contribution >= 0.6 is 11.8 Å². The van der Waals surface area contributed by atoms with Gasteiger partial charge in [-0.25, -0.2) is 0 Å². The number of carbonyl (C=O) groups excluding carboxylic acids is 1. The van der Waals surface area contributed by atoms with Crippen LogP contribution < -0.4 is 10.9 Å². The Morgan fingerprint density at radius 1 is 1.30 bits per heavy atom. The fraction of sp³-hybridized carbons (Fsp3) is 0.176. The number of aromatic amines is 2. The first-order chi connectivity index (χ1) is 11.1. The number of pyridine rings is 1. The van der Waals surface area contributed by atoms with Gasteiger partial charge < -0.3 is 15.3 Å². The maximum Gasteiger partial charge on any atom is 0.254 e.